The van der Waals surface area contributed by atoms with Crippen molar-refractivity contribution < 1.29 is 4.74 Å². The number of rotatable bonds is 5. The highest BCUT2D eigenvalue weighted by atomic mass is 35.5. The average molecular weight is 219 g/mol. The van der Waals surface area contributed by atoms with E-state index in [-0.39, 0.29) is 0 Å². The minimum Gasteiger partial charge on any atom is -0.374 e. The van der Waals surface area contributed by atoms with Gasteiger partial charge in [0, 0.05) is 32.1 Å². The number of morpholine rings is 1. The van der Waals surface area contributed by atoms with Gasteiger partial charge in [-0.25, -0.2) is 0 Å². The molecule has 1 rings (SSSR count). The fourth-order valence-corrected chi connectivity index (χ4v) is 1.59. The first kappa shape index (κ1) is 12.0. The SMILES string of the molecule is CN1CCOC(CNC/C=C/CCl)C1. The molecule has 82 valence electrons. The summed E-state index contributed by atoms with van der Waals surface area (Å²) in [5, 5.41) is 3.31. The van der Waals surface area contributed by atoms with Crippen molar-refractivity contribution in [3.63, 3.8) is 0 Å². The summed E-state index contributed by atoms with van der Waals surface area (Å²) >= 11 is 5.50. The van der Waals surface area contributed by atoms with Crippen LogP contribution in [0.1, 0.15) is 0 Å². The Bertz CT molecular complexity index is 176. The van der Waals surface area contributed by atoms with Gasteiger partial charge >= 0.3 is 0 Å². The normalized spacial score (nSPS) is 24.6. The lowest BCUT2D eigenvalue weighted by molar-refractivity contribution is -0.0176. The molecule has 1 saturated heterocycles. The predicted molar refractivity (Wildman–Crippen MR) is 60.0 cm³/mol. The number of hydrogen-bond acceptors (Lipinski definition) is 3. The largest absolute Gasteiger partial charge is 0.374 e. The molecule has 1 unspecified atom stereocenters. The van der Waals surface area contributed by atoms with E-state index in [1.54, 1.807) is 0 Å². The van der Waals surface area contributed by atoms with Crippen molar-refractivity contribution in [2.24, 2.45) is 0 Å². The Labute approximate surface area is 91.1 Å². The predicted octanol–water partition coefficient (Wildman–Crippen LogP) is 0.702. The van der Waals surface area contributed by atoms with Crippen LogP contribution >= 0.6 is 11.6 Å². The number of nitrogens with one attached hydrogen (secondary N) is 1. The van der Waals surface area contributed by atoms with Crippen LogP contribution in [-0.4, -0.2) is 56.7 Å². The van der Waals surface area contributed by atoms with E-state index in [4.69, 9.17) is 16.3 Å². The van der Waals surface area contributed by atoms with Crippen LogP contribution in [0, 0.1) is 0 Å². The van der Waals surface area contributed by atoms with Gasteiger partial charge in [0.1, 0.15) is 0 Å². The monoisotopic (exact) mass is 218 g/mol. The molecule has 0 aromatic heterocycles. The van der Waals surface area contributed by atoms with E-state index < -0.39 is 0 Å². The Kier molecular flexibility index (Phi) is 6.19. The number of nitrogens with zero attached hydrogens (tertiary/aromatic N) is 1. The van der Waals surface area contributed by atoms with E-state index in [0.29, 0.717) is 12.0 Å². The molecule has 0 saturated carbocycles. The molecular formula is C10H19ClN2O. The molecule has 1 fully saturated rings. The Morgan fingerprint density at radius 1 is 1.57 bits per heavy atom. The molecule has 14 heavy (non-hydrogen) atoms. The minimum atomic E-state index is 0.332. The van der Waals surface area contributed by atoms with Gasteiger partial charge in [0.25, 0.3) is 0 Å². The van der Waals surface area contributed by atoms with Gasteiger partial charge in [-0.3, -0.25) is 0 Å². The summed E-state index contributed by atoms with van der Waals surface area (Å²) in [4.78, 5) is 2.30. The minimum absolute atomic E-state index is 0.332. The molecule has 1 aliphatic rings. The van der Waals surface area contributed by atoms with E-state index in [2.05, 4.69) is 17.3 Å². The maximum Gasteiger partial charge on any atom is 0.0826 e. The molecule has 3 nitrogen and oxygen atoms in total. The van der Waals surface area contributed by atoms with Gasteiger partial charge in [0.15, 0.2) is 0 Å². The Balaban J connectivity index is 2.03. The van der Waals surface area contributed by atoms with Crippen LogP contribution in [0.4, 0.5) is 0 Å². The molecule has 1 N–H and O–H groups in total. The number of likely N-dealkylation sites (N-methyl/N-ethyl adjacent to an activating group) is 1. The molecule has 4 heteroatoms. The summed E-state index contributed by atoms with van der Waals surface area (Å²) in [6.45, 7) is 4.70. The van der Waals surface area contributed by atoms with E-state index in [0.717, 1.165) is 32.8 Å². The fraction of sp³-hybridized carbons (Fsp3) is 0.800. The molecule has 0 aromatic rings. The van der Waals surface area contributed by atoms with Crippen molar-refractivity contribution in [3.05, 3.63) is 12.2 Å². The molecule has 0 aromatic carbocycles. The van der Waals surface area contributed by atoms with Crippen LogP contribution in [0.5, 0.6) is 0 Å². The van der Waals surface area contributed by atoms with Gasteiger partial charge in [-0.05, 0) is 7.05 Å². The van der Waals surface area contributed by atoms with Crippen molar-refractivity contribution in [2.45, 2.75) is 6.10 Å². The lowest BCUT2D eigenvalue weighted by atomic mass is 10.3. The maximum atomic E-state index is 5.60. The van der Waals surface area contributed by atoms with Crippen molar-refractivity contribution >= 4 is 11.6 Å². The number of ether oxygens (including phenoxy) is 1. The number of alkyl halides is 1. The molecular weight excluding hydrogens is 200 g/mol. The second-order valence-electron chi connectivity index (χ2n) is 3.54. The summed E-state index contributed by atoms with van der Waals surface area (Å²) < 4.78 is 5.60. The third-order valence-electron chi connectivity index (χ3n) is 2.23. The van der Waals surface area contributed by atoms with Crippen LogP contribution in [0.25, 0.3) is 0 Å². The van der Waals surface area contributed by atoms with Gasteiger partial charge in [-0.1, -0.05) is 12.2 Å². The smallest absolute Gasteiger partial charge is 0.0826 e. The molecule has 0 amide bonds. The van der Waals surface area contributed by atoms with E-state index >= 15 is 0 Å². The van der Waals surface area contributed by atoms with Gasteiger partial charge in [-0.15, -0.1) is 11.6 Å². The first-order valence-corrected chi connectivity index (χ1v) is 5.58. The van der Waals surface area contributed by atoms with Crippen molar-refractivity contribution in [2.75, 3.05) is 45.7 Å². The Morgan fingerprint density at radius 2 is 2.43 bits per heavy atom. The van der Waals surface area contributed by atoms with Gasteiger partial charge in [-0.2, -0.15) is 0 Å². The Morgan fingerprint density at radius 3 is 3.14 bits per heavy atom. The maximum absolute atomic E-state index is 5.60. The topological polar surface area (TPSA) is 24.5 Å². The summed E-state index contributed by atoms with van der Waals surface area (Å²) in [6.07, 6.45) is 4.32. The second-order valence-corrected chi connectivity index (χ2v) is 3.85. The third kappa shape index (κ3) is 4.96. The molecule has 1 atom stereocenters. The highest BCUT2D eigenvalue weighted by molar-refractivity contribution is 6.18. The molecule has 0 spiro atoms. The van der Waals surface area contributed by atoms with Gasteiger partial charge in [0.05, 0.1) is 12.7 Å². The number of allylic oxidation sites excluding steroid dienone is 1. The van der Waals surface area contributed by atoms with Crippen molar-refractivity contribution in [1.29, 1.82) is 0 Å². The molecule has 0 aliphatic carbocycles. The summed E-state index contributed by atoms with van der Waals surface area (Å²) in [5.41, 5.74) is 0. The van der Waals surface area contributed by atoms with Crippen LogP contribution < -0.4 is 5.32 Å². The zero-order chi connectivity index (χ0) is 10.2. The van der Waals surface area contributed by atoms with Crippen molar-refractivity contribution in [3.8, 4) is 0 Å². The summed E-state index contributed by atoms with van der Waals surface area (Å²) in [5.74, 6) is 0.588. The van der Waals surface area contributed by atoms with Crippen LogP contribution in [-0.2, 0) is 4.74 Å². The zero-order valence-electron chi connectivity index (χ0n) is 8.71. The zero-order valence-corrected chi connectivity index (χ0v) is 9.46. The molecule has 0 radical (unpaired) electrons. The number of hydrogen-bond donors (Lipinski definition) is 1. The summed E-state index contributed by atoms with van der Waals surface area (Å²) in [6, 6.07) is 0. The van der Waals surface area contributed by atoms with Gasteiger partial charge < -0.3 is 15.0 Å². The summed E-state index contributed by atoms with van der Waals surface area (Å²) in [7, 11) is 2.13. The van der Waals surface area contributed by atoms with Crippen LogP contribution in [0.3, 0.4) is 0 Å². The van der Waals surface area contributed by atoms with Crippen LogP contribution in [0.2, 0.25) is 0 Å². The average Bonchev–Trinajstić information content (AvgIpc) is 2.18. The highest BCUT2D eigenvalue weighted by Crippen LogP contribution is 2.01. The highest BCUT2D eigenvalue weighted by Gasteiger charge is 2.16. The fourth-order valence-electron chi connectivity index (χ4n) is 1.46. The first-order chi connectivity index (χ1) is 6.83. The first-order valence-electron chi connectivity index (χ1n) is 5.04. The van der Waals surface area contributed by atoms with Crippen LogP contribution in [0.15, 0.2) is 12.2 Å². The van der Waals surface area contributed by atoms with E-state index in [1.165, 1.54) is 0 Å². The Hall–Kier alpha value is -0.0900. The van der Waals surface area contributed by atoms with Gasteiger partial charge in [0.2, 0.25) is 0 Å². The molecule has 0 bridgehead atoms. The van der Waals surface area contributed by atoms with E-state index in [9.17, 15) is 0 Å². The lowest BCUT2D eigenvalue weighted by Crippen LogP contribution is -2.44. The lowest BCUT2D eigenvalue weighted by Gasteiger charge is -2.30. The molecule has 1 heterocycles. The van der Waals surface area contributed by atoms with E-state index in [1.807, 2.05) is 12.2 Å². The standard InChI is InChI=1S/C10H19ClN2O/c1-13-6-7-14-10(9-13)8-12-5-3-2-4-11/h2-3,10,12H,4-9H2,1H3/b3-2+. The molecule has 1 aliphatic heterocycles. The third-order valence-corrected chi connectivity index (χ3v) is 2.41. The van der Waals surface area contributed by atoms with Crippen molar-refractivity contribution in [1.82, 2.24) is 10.2 Å². The second kappa shape index (κ2) is 7.23. The number of halogens is 1. The quantitative estimate of drug-likeness (QED) is 0.418.